The van der Waals surface area contributed by atoms with Crippen LogP contribution in [0.4, 0.5) is 5.82 Å². The van der Waals surface area contributed by atoms with Crippen LogP contribution in [0.2, 0.25) is 0 Å². The summed E-state index contributed by atoms with van der Waals surface area (Å²) in [4.78, 5) is 14.1. The Balaban J connectivity index is 1.53. The van der Waals surface area contributed by atoms with Gasteiger partial charge in [-0.25, -0.2) is 9.89 Å². The topological polar surface area (TPSA) is 79.7 Å². The van der Waals surface area contributed by atoms with Gasteiger partial charge in [-0.1, -0.05) is 30.3 Å². The van der Waals surface area contributed by atoms with Crippen molar-refractivity contribution in [2.24, 2.45) is 0 Å². The molecule has 3 aromatic rings. The van der Waals surface area contributed by atoms with Crippen molar-refractivity contribution in [1.82, 2.24) is 25.0 Å². The lowest BCUT2D eigenvalue weighted by Gasteiger charge is -2.32. The maximum Gasteiger partial charge on any atom is 0.343 e. The molecule has 2 aromatic heterocycles. The van der Waals surface area contributed by atoms with Crippen molar-refractivity contribution in [3.05, 3.63) is 58.8 Å². The van der Waals surface area contributed by atoms with Crippen LogP contribution in [0.25, 0.3) is 11.3 Å². The third-order valence-corrected chi connectivity index (χ3v) is 4.93. The van der Waals surface area contributed by atoms with Crippen LogP contribution < -0.4 is 10.6 Å². The molecule has 0 radical (unpaired) electrons. The maximum absolute atomic E-state index is 11.8. The Morgan fingerprint density at radius 3 is 2.73 bits per heavy atom. The van der Waals surface area contributed by atoms with Gasteiger partial charge in [-0.2, -0.15) is 5.10 Å². The number of aromatic amines is 1. The van der Waals surface area contributed by atoms with Crippen LogP contribution in [0.15, 0.2) is 47.3 Å². The molecular formula is C19H22N6O. The van der Waals surface area contributed by atoms with E-state index in [2.05, 4.69) is 25.3 Å². The Bertz CT molecular complexity index is 915. The molecule has 1 fully saturated rings. The van der Waals surface area contributed by atoms with Crippen molar-refractivity contribution in [1.29, 1.82) is 0 Å². The number of nitrogens with zero attached hydrogens (tertiary/aromatic N) is 5. The molecular weight excluding hydrogens is 328 g/mol. The summed E-state index contributed by atoms with van der Waals surface area (Å²) in [7, 11) is 0. The largest absolute Gasteiger partial charge is 0.354 e. The van der Waals surface area contributed by atoms with E-state index in [1.807, 2.05) is 49.4 Å². The standard InChI is InChI=1S/C19H22N6O/c1-2-25-18(22-23-19(25)26)15-9-6-12-24(13-15)17-11-10-16(20-21-17)14-7-4-3-5-8-14/h3-5,7-8,10-11,15H,2,6,9,12-13H2,1H3,(H,23,26)/t15-/m0/s1. The number of nitrogens with one attached hydrogen (secondary N) is 1. The van der Waals surface area contributed by atoms with Gasteiger partial charge in [-0.15, -0.1) is 10.2 Å². The van der Waals surface area contributed by atoms with Crippen LogP contribution in [-0.2, 0) is 6.54 Å². The van der Waals surface area contributed by atoms with E-state index >= 15 is 0 Å². The third-order valence-electron chi connectivity index (χ3n) is 4.93. The lowest BCUT2D eigenvalue weighted by Crippen LogP contribution is -2.36. The Kier molecular flexibility index (Phi) is 4.51. The Morgan fingerprint density at radius 1 is 1.15 bits per heavy atom. The van der Waals surface area contributed by atoms with E-state index in [1.54, 1.807) is 4.57 Å². The summed E-state index contributed by atoms with van der Waals surface area (Å²) in [6.45, 7) is 4.34. The van der Waals surface area contributed by atoms with Crippen LogP contribution in [0, 0.1) is 0 Å². The number of H-pyrrole nitrogens is 1. The molecule has 0 amide bonds. The lowest BCUT2D eigenvalue weighted by molar-refractivity contribution is 0.468. The van der Waals surface area contributed by atoms with E-state index < -0.39 is 0 Å². The highest BCUT2D eigenvalue weighted by molar-refractivity contribution is 5.59. The van der Waals surface area contributed by atoms with Gasteiger partial charge in [-0.3, -0.25) is 4.57 Å². The average molecular weight is 350 g/mol. The maximum atomic E-state index is 11.8. The number of hydrogen-bond acceptors (Lipinski definition) is 5. The second-order valence-electron chi connectivity index (χ2n) is 6.56. The van der Waals surface area contributed by atoms with Gasteiger partial charge in [0.15, 0.2) is 5.82 Å². The van der Waals surface area contributed by atoms with Gasteiger partial charge >= 0.3 is 5.69 Å². The summed E-state index contributed by atoms with van der Waals surface area (Å²) in [6, 6.07) is 14.1. The van der Waals surface area contributed by atoms with E-state index in [0.717, 1.165) is 48.8 Å². The normalized spacial score (nSPS) is 17.4. The van der Waals surface area contributed by atoms with Gasteiger partial charge in [-0.05, 0) is 31.9 Å². The van der Waals surface area contributed by atoms with Crippen LogP contribution in [0.5, 0.6) is 0 Å². The van der Waals surface area contributed by atoms with Crippen molar-refractivity contribution in [2.45, 2.75) is 32.2 Å². The Hall–Kier alpha value is -2.96. The molecule has 4 rings (SSSR count). The first-order valence-electron chi connectivity index (χ1n) is 9.05. The molecule has 1 aromatic carbocycles. The second-order valence-corrected chi connectivity index (χ2v) is 6.56. The van der Waals surface area contributed by atoms with Gasteiger partial charge in [0.2, 0.25) is 0 Å². The first-order valence-corrected chi connectivity index (χ1v) is 9.05. The van der Waals surface area contributed by atoms with Crippen molar-refractivity contribution in [2.75, 3.05) is 18.0 Å². The van der Waals surface area contributed by atoms with Gasteiger partial charge in [0, 0.05) is 31.1 Å². The first-order chi connectivity index (χ1) is 12.8. The minimum Gasteiger partial charge on any atom is -0.354 e. The van der Waals surface area contributed by atoms with E-state index in [9.17, 15) is 4.79 Å². The molecule has 1 saturated heterocycles. The van der Waals surface area contributed by atoms with E-state index in [1.165, 1.54) is 0 Å². The fourth-order valence-corrected chi connectivity index (χ4v) is 3.60. The van der Waals surface area contributed by atoms with Crippen molar-refractivity contribution in [3.8, 4) is 11.3 Å². The number of piperidine rings is 1. The van der Waals surface area contributed by atoms with Crippen molar-refractivity contribution >= 4 is 5.82 Å². The fraction of sp³-hybridized carbons (Fsp3) is 0.368. The minimum absolute atomic E-state index is 0.133. The van der Waals surface area contributed by atoms with Crippen molar-refractivity contribution < 1.29 is 0 Å². The zero-order valence-electron chi connectivity index (χ0n) is 14.8. The molecule has 1 aliphatic rings. The van der Waals surface area contributed by atoms with E-state index in [-0.39, 0.29) is 11.6 Å². The summed E-state index contributed by atoms with van der Waals surface area (Å²) in [5.41, 5.74) is 1.80. The van der Waals surface area contributed by atoms with Crippen LogP contribution >= 0.6 is 0 Å². The summed E-state index contributed by atoms with van der Waals surface area (Å²) in [6.07, 6.45) is 2.06. The third kappa shape index (κ3) is 3.12. The summed E-state index contributed by atoms with van der Waals surface area (Å²) < 4.78 is 1.72. The fourth-order valence-electron chi connectivity index (χ4n) is 3.60. The summed E-state index contributed by atoms with van der Waals surface area (Å²) in [5.74, 6) is 1.93. The molecule has 7 nitrogen and oxygen atoms in total. The molecule has 3 heterocycles. The van der Waals surface area contributed by atoms with E-state index in [4.69, 9.17) is 0 Å². The average Bonchev–Trinajstić information content (AvgIpc) is 3.09. The Labute approximate surface area is 151 Å². The number of anilines is 1. The number of hydrogen-bond donors (Lipinski definition) is 1. The molecule has 7 heteroatoms. The molecule has 0 aliphatic carbocycles. The molecule has 0 unspecified atom stereocenters. The summed E-state index contributed by atoms with van der Waals surface area (Å²) in [5, 5.41) is 15.7. The predicted octanol–water partition coefficient (Wildman–Crippen LogP) is 2.43. The monoisotopic (exact) mass is 350 g/mol. The zero-order valence-corrected chi connectivity index (χ0v) is 14.8. The zero-order chi connectivity index (χ0) is 17.9. The van der Waals surface area contributed by atoms with Gasteiger partial charge < -0.3 is 4.90 Å². The van der Waals surface area contributed by atoms with Gasteiger partial charge in [0.05, 0.1) is 5.69 Å². The van der Waals surface area contributed by atoms with Gasteiger partial charge in [0.1, 0.15) is 5.82 Å². The highest BCUT2D eigenvalue weighted by atomic mass is 16.1. The lowest BCUT2D eigenvalue weighted by atomic mass is 9.97. The molecule has 0 spiro atoms. The van der Waals surface area contributed by atoms with Crippen LogP contribution in [0.1, 0.15) is 31.5 Å². The van der Waals surface area contributed by atoms with Crippen molar-refractivity contribution in [3.63, 3.8) is 0 Å². The SMILES string of the molecule is CCn1c([C@H]2CCCN(c3ccc(-c4ccccc4)nn3)C2)n[nH]c1=O. The van der Waals surface area contributed by atoms with E-state index in [0.29, 0.717) is 6.54 Å². The van der Waals surface area contributed by atoms with Gasteiger partial charge in [0.25, 0.3) is 0 Å². The first kappa shape index (κ1) is 16.5. The molecule has 26 heavy (non-hydrogen) atoms. The molecule has 134 valence electrons. The molecule has 1 atom stereocenters. The Morgan fingerprint density at radius 2 is 2.00 bits per heavy atom. The van der Waals surface area contributed by atoms with Crippen LogP contribution in [-0.4, -0.2) is 38.1 Å². The predicted molar refractivity (Wildman–Crippen MR) is 100 cm³/mol. The minimum atomic E-state index is -0.133. The molecule has 0 saturated carbocycles. The van der Waals surface area contributed by atoms with Crippen LogP contribution in [0.3, 0.4) is 0 Å². The highest BCUT2D eigenvalue weighted by Gasteiger charge is 2.26. The quantitative estimate of drug-likeness (QED) is 0.782. The smallest absolute Gasteiger partial charge is 0.343 e. The number of aromatic nitrogens is 5. The molecule has 1 aliphatic heterocycles. The number of benzene rings is 1. The molecule has 1 N–H and O–H groups in total. The highest BCUT2D eigenvalue weighted by Crippen LogP contribution is 2.28. The summed E-state index contributed by atoms with van der Waals surface area (Å²) >= 11 is 0. The molecule has 0 bridgehead atoms. The number of rotatable bonds is 4. The second kappa shape index (κ2) is 7.11.